The number of alkyl carbamates (subject to hydrolysis) is 1. The first-order chi connectivity index (χ1) is 13.8. The molecule has 11 heteroatoms. The van der Waals surface area contributed by atoms with Gasteiger partial charge in [-0.3, -0.25) is 9.89 Å². The number of ether oxygens (including phenoxy) is 1. The van der Waals surface area contributed by atoms with E-state index in [0.29, 0.717) is 51.4 Å². The summed E-state index contributed by atoms with van der Waals surface area (Å²) < 4.78 is 43.0. The fourth-order valence-electron chi connectivity index (χ4n) is 3.43. The van der Waals surface area contributed by atoms with Gasteiger partial charge in [-0.1, -0.05) is 13.8 Å². The third-order valence-corrected chi connectivity index (χ3v) is 5.27. The van der Waals surface area contributed by atoms with Crippen LogP contribution >= 0.6 is 24.0 Å². The molecule has 1 rings (SSSR count). The number of carbonyl (C=O) groups is 1. The van der Waals surface area contributed by atoms with E-state index >= 15 is 0 Å². The van der Waals surface area contributed by atoms with E-state index in [2.05, 4.69) is 20.9 Å². The molecule has 1 fully saturated rings. The minimum Gasteiger partial charge on any atom is -0.444 e. The van der Waals surface area contributed by atoms with Crippen LogP contribution < -0.4 is 16.0 Å². The van der Waals surface area contributed by atoms with Crippen molar-refractivity contribution in [3.8, 4) is 0 Å². The highest BCUT2D eigenvalue weighted by Crippen LogP contribution is 2.22. The molecular weight excluding hydrogens is 526 g/mol. The number of hydrogen-bond donors (Lipinski definition) is 3. The average molecular weight is 565 g/mol. The van der Waals surface area contributed by atoms with E-state index in [1.807, 2.05) is 34.6 Å². The Morgan fingerprint density at radius 1 is 1.16 bits per heavy atom. The average Bonchev–Trinajstić information content (AvgIpc) is 3.04. The van der Waals surface area contributed by atoms with Crippen molar-refractivity contribution in [1.29, 1.82) is 0 Å². The quantitative estimate of drug-likeness (QED) is 0.238. The number of hydrogen-bond acceptors (Lipinski definition) is 4. The van der Waals surface area contributed by atoms with Crippen molar-refractivity contribution in [2.45, 2.75) is 71.2 Å². The summed E-state index contributed by atoms with van der Waals surface area (Å²) in [4.78, 5) is 17.9. The van der Waals surface area contributed by atoms with Gasteiger partial charge in [-0.15, -0.1) is 24.0 Å². The van der Waals surface area contributed by atoms with Crippen LogP contribution in [-0.2, 0) is 4.74 Å². The van der Waals surface area contributed by atoms with Gasteiger partial charge >= 0.3 is 12.3 Å². The van der Waals surface area contributed by atoms with E-state index < -0.39 is 30.0 Å². The maximum absolute atomic E-state index is 12.5. The highest BCUT2D eigenvalue weighted by atomic mass is 127. The first-order valence-corrected chi connectivity index (χ1v) is 10.6. The summed E-state index contributed by atoms with van der Waals surface area (Å²) in [5, 5.41) is 9.39. The summed E-state index contributed by atoms with van der Waals surface area (Å²) in [6, 6.07) is 0. The van der Waals surface area contributed by atoms with Crippen LogP contribution in [-0.4, -0.2) is 74.0 Å². The molecule has 0 radical (unpaired) electrons. The molecule has 0 spiro atoms. The monoisotopic (exact) mass is 565 g/mol. The van der Waals surface area contributed by atoms with Crippen molar-refractivity contribution >= 4 is 36.0 Å². The molecule has 1 aliphatic heterocycles. The van der Waals surface area contributed by atoms with Crippen molar-refractivity contribution in [3.05, 3.63) is 0 Å². The largest absolute Gasteiger partial charge is 0.444 e. The van der Waals surface area contributed by atoms with Crippen molar-refractivity contribution in [1.82, 2.24) is 20.9 Å². The van der Waals surface area contributed by atoms with Crippen LogP contribution in [0.25, 0.3) is 0 Å². The summed E-state index contributed by atoms with van der Waals surface area (Å²) in [5.41, 5.74) is -1.08. The number of carbonyl (C=O) groups excluding carboxylic acids is 1. The highest BCUT2D eigenvalue weighted by Gasteiger charge is 2.34. The molecule has 1 unspecified atom stereocenters. The van der Waals surface area contributed by atoms with Gasteiger partial charge in [0.05, 0.1) is 12.1 Å². The van der Waals surface area contributed by atoms with E-state index in [9.17, 15) is 18.0 Å². The van der Waals surface area contributed by atoms with Gasteiger partial charge in [0, 0.05) is 26.7 Å². The van der Waals surface area contributed by atoms with E-state index in [1.54, 1.807) is 7.05 Å². The number of halogens is 4. The van der Waals surface area contributed by atoms with E-state index in [0.717, 1.165) is 0 Å². The second kappa shape index (κ2) is 12.9. The van der Waals surface area contributed by atoms with Gasteiger partial charge in [0.2, 0.25) is 0 Å². The number of rotatable bonds is 8. The summed E-state index contributed by atoms with van der Waals surface area (Å²) in [7, 11) is 1.64. The number of nitrogens with one attached hydrogen (secondary N) is 3. The fourth-order valence-corrected chi connectivity index (χ4v) is 3.43. The molecule has 1 saturated heterocycles. The highest BCUT2D eigenvalue weighted by molar-refractivity contribution is 14.0. The predicted octanol–water partition coefficient (Wildman–Crippen LogP) is 3.74. The topological polar surface area (TPSA) is 78.0 Å². The smallest absolute Gasteiger partial charge is 0.408 e. The van der Waals surface area contributed by atoms with Crippen molar-refractivity contribution < 1.29 is 22.7 Å². The van der Waals surface area contributed by atoms with Gasteiger partial charge in [0.15, 0.2) is 5.96 Å². The lowest BCUT2D eigenvalue weighted by Crippen LogP contribution is -2.57. The molecule has 1 amide bonds. The second-order valence-corrected chi connectivity index (χ2v) is 8.93. The Morgan fingerprint density at radius 2 is 1.77 bits per heavy atom. The Balaban J connectivity index is 0.00000900. The van der Waals surface area contributed by atoms with E-state index in [-0.39, 0.29) is 29.9 Å². The maximum atomic E-state index is 12.5. The Labute approximate surface area is 201 Å². The van der Waals surface area contributed by atoms with Crippen LogP contribution in [0.4, 0.5) is 18.0 Å². The van der Waals surface area contributed by atoms with Crippen molar-refractivity contribution in [2.75, 3.05) is 39.8 Å². The molecule has 1 heterocycles. The standard InChI is InChI=1S/C20H38F3N5O2.HI/c1-7-19(8-2,27-17(29)30-18(3,4)5)13-26-16(24-6)25-11-15-9-10-28(12-15)14-20(21,22)23;/h15H,7-14H2,1-6H3,(H,27,29)(H2,24,25,26);1H. The molecule has 31 heavy (non-hydrogen) atoms. The third-order valence-electron chi connectivity index (χ3n) is 5.27. The molecule has 0 aromatic heterocycles. The Morgan fingerprint density at radius 3 is 2.26 bits per heavy atom. The zero-order valence-electron chi connectivity index (χ0n) is 19.5. The van der Waals surface area contributed by atoms with Gasteiger partial charge in [-0.05, 0) is 52.5 Å². The van der Waals surface area contributed by atoms with Crippen molar-refractivity contribution in [3.63, 3.8) is 0 Å². The zero-order valence-corrected chi connectivity index (χ0v) is 21.8. The molecule has 1 atom stereocenters. The van der Waals surface area contributed by atoms with Crippen molar-refractivity contribution in [2.24, 2.45) is 10.9 Å². The first-order valence-electron chi connectivity index (χ1n) is 10.6. The summed E-state index contributed by atoms with van der Waals surface area (Å²) in [5.74, 6) is 0.689. The second-order valence-electron chi connectivity index (χ2n) is 8.93. The van der Waals surface area contributed by atoms with Gasteiger partial charge in [-0.25, -0.2) is 4.79 Å². The summed E-state index contributed by atoms with van der Waals surface area (Å²) >= 11 is 0. The number of nitrogens with zero attached hydrogens (tertiary/aromatic N) is 2. The molecule has 0 aliphatic carbocycles. The Hall–Kier alpha value is -0.980. The number of guanidine groups is 1. The van der Waals surface area contributed by atoms with Gasteiger partial charge in [0.25, 0.3) is 0 Å². The number of aliphatic imine (C=N–C) groups is 1. The molecule has 1 aliphatic rings. The van der Waals surface area contributed by atoms with Gasteiger partial charge in [0.1, 0.15) is 5.60 Å². The Kier molecular flexibility index (Phi) is 12.5. The zero-order chi connectivity index (χ0) is 23.0. The lowest BCUT2D eigenvalue weighted by Gasteiger charge is -2.34. The molecule has 0 aromatic rings. The van der Waals surface area contributed by atoms with Crippen LogP contribution in [0.1, 0.15) is 53.9 Å². The van der Waals surface area contributed by atoms with E-state index in [4.69, 9.17) is 4.74 Å². The third kappa shape index (κ3) is 12.0. The molecule has 7 nitrogen and oxygen atoms in total. The van der Waals surface area contributed by atoms with Crippen LogP contribution in [0.2, 0.25) is 0 Å². The molecular formula is C20H39F3IN5O2. The number of likely N-dealkylation sites (tertiary alicyclic amines) is 1. The normalized spacial score (nSPS) is 18.4. The van der Waals surface area contributed by atoms with Crippen LogP contribution in [0, 0.1) is 5.92 Å². The fraction of sp³-hybridized carbons (Fsp3) is 0.900. The SMILES string of the molecule is CCC(CC)(CNC(=NC)NCC1CCN(CC(F)(F)F)C1)NC(=O)OC(C)(C)C.I. The summed E-state index contributed by atoms with van der Waals surface area (Å²) in [6.45, 7) is 10.4. The molecule has 0 bridgehead atoms. The first kappa shape index (κ1) is 30.0. The van der Waals surface area contributed by atoms with Crippen LogP contribution in [0.5, 0.6) is 0 Å². The van der Waals surface area contributed by atoms with Gasteiger partial charge < -0.3 is 20.7 Å². The number of amides is 1. The molecule has 0 aromatic carbocycles. The van der Waals surface area contributed by atoms with Crippen LogP contribution in [0.3, 0.4) is 0 Å². The molecule has 3 N–H and O–H groups in total. The lowest BCUT2D eigenvalue weighted by molar-refractivity contribution is -0.143. The minimum absolute atomic E-state index is 0. The van der Waals surface area contributed by atoms with E-state index in [1.165, 1.54) is 4.90 Å². The van der Waals surface area contributed by atoms with Gasteiger partial charge in [-0.2, -0.15) is 13.2 Å². The maximum Gasteiger partial charge on any atom is 0.408 e. The molecule has 0 saturated carbocycles. The lowest BCUT2D eigenvalue weighted by atomic mass is 9.93. The predicted molar refractivity (Wildman–Crippen MR) is 128 cm³/mol. The minimum atomic E-state index is -4.16. The number of alkyl halides is 3. The Bertz CT molecular complexity index is 578. The molecule has 184 valence electrons. The summed E-state index contributed by atoms with van der Waals surface area (Å²) in [6.07, 6.45) is -2.52. The van der Waals surface area contributed by atoms with Crippen LogP contribution in [0.15, 0.2) is 4.99 Å².